The molecule has 0 unspecified atom stereocenters. The Labute approximate surface area is 187 Å². The van der Waals surface area contributed by atoms with Crippen molar-refractivity contribution >= 4 is 51.7 Å². The fourth-order valence-electron chi connectivity index (χ4n) is 3.11. The average molecular weight is 457 g/mol. The second-order valence-corrected chi connectivity index (χ2v) is 8.55. The number of fused-ring (bicyclic) bond motifs is 1. The Morgan fingerprint density at radius 2 is 2.16 bits per heavy atom. The number of pyridine rings is 1. The van der Waals surface area contributed by atoms with Crippen LogP contribution in [-0.2, 0) is 16.1 Å². The van der Waals surface area contributed by atoms with Gasteiger partial charge in [0.15, 0.2) is 0 Å². The van der Waals surface area contributed by atoms with Gasteiger partial charge in [-0.1, -0.05) is 30.0 Å². The number of thiocarbonyl (C=S) groups is 1. The molecule has 0 bridgehead atoms. The zero-order valence-electron chi connectivity index (χ0n) is 17.0. The number of hydrogen-bond acceptors (Lipinski definition) is 8. The molecule has 3 aromatic heterocycles. The van der Waals surface area contributed by atoms with E-state index in [-0.39, 0.29) is 17.0 Å². The van der Waals surface area contributed by atoms with Crippen molar-refractivity contribution in [3.05, 3.63) is 68.9 Å². The summed E-state index contributed by atoms with van der Waals surface area (Å²) in [6.07, 6.45) is 4.86. The van der Waals surface area contributed by atoms with E-state index < -0.39 is 0 Å². The van der Waals surface area contributed by atoms with Crippen LogP contribution < -0.4 is 10.9 Å². The van der Waals surface area contributed by atoms with E-state index in [4.69, 9.17) is 21.4 Å². The number of nitrogens with zero attached hydrogens (tertiary/aromatic N) is 3. The molecule has 1 N–H and O–H groups in total. The molecule has 1 fully saturated rings. The molecule has 10 heteroatoms. The normalized spacial score (nSPS) is 15.4. The van der Waals surface area contributed by atoms with E-state index in [0.717, 1.165) is 17.3 Å². The minimum atomic E-state index is -0.280. The molecule has 0 spiro atoms. The van der Waals surface area contributed by atoms with Crippen molar-refractivity contribution in [1.82, 2.24) is 14.3 Å². The van der Waals surface area contributed by atoms with E-state index in [9.17, 15) is 9.59 Å². The molecule has 3 aromatic rings. The lowest BCUT2D eigenvalue weighted by molar-refractivity contribution is -0.122. The minimum Gasteiger partial charge on any atom is -0.467 e. The van der Waals surface area contributed by atoms with Crippen LogP contribution in [0.25, 0.3) is 11.7 Å². The second-order valence-electron chi connectivity index (χ2n) is 6.87. The molecule has 1 saturated heterocycles. The lowest BCUT2D eigenvalue weighted by Crippen LogP contribution is -2.31. The predicted octanol–water partition coefficient (Wildman–Crippen LogP) is 3.06. The van der Waals surface area contributed by atoms with Crippen molar-refractivity contribution in [2.24, 2.45) is 0 Å². The minimum absolute atomic E-state index is 0.252. The van der Waals surface area contributed by atoms with Crippen LogP contribution in [0.4, 0.5) is 5.82 Å². The number of aryl methyl sites for hydroxylation is 1. The Bertz CT molecular complexity index is 1230. The first kappa shape index (κ1) is 21.3. The van der Waals surface area contributed by atoms with Crippen LogP contribution in [0.1, 0.15) is 16.9 Å². The molecule has 31 heavy (non-hydrogen) atoms. The van der Waals surface area contributed by atoms with E-state index in [0.29, 0.717) is 46.1 Å². The van der Waals surface area contributed by atoms with Gasteiger partial charge in [0, 0.05) is 13.3 Å². The number of thioether (sulfide) groups is 1. The summed E-state index contributed by atoms with van der Waals surface area (Å²) in [4.78, 5) is 32.6. The molecule has 0 radical (unpaired) electrons. The summed E-state index contributed by atoms with van der Waals surface area (Å²) >= 11 is 6.49. The van der Waals surface area contributed by atoms with Crippen molar-refractivity contribution in [1.29, 1.82) is 0 Å². The fraction of sp³-hybridized carbons (Fsp3) is 0.238. The highest BCUT2D eigenvalue weighted by Gasteiger charge is 2.32. The topological polar surface area (TPSA) is 89.1 Å². The van der Waals surface area contributed by atoms with E-state index in [1.165, 1.54) is 9.30 Å². The number of amides is 1. The Balaban J connectivity index is 1.77. The van der Waals surface area contributed by atoms with Crippen LogP contribution in [-0.4, -0.2) is 44.8 Å². The zero-order valence-corrected chi connectivity index (χ0v) is 18.6. The van der Waals surface area contributed by atoms with Gasteiger partial charge in [0.25, 0.3) is 11.5 Å². The van der Waals surface area contributed by atoms with Gasteiger partial charge in [-0.05, 0) is 36.8 Å². The number of rotatable bonds is 7. The molecule has 1 aliphatic rings. The summed E-state index contributed by atoms with van der Waals surface area (Å²) in [6.45, 7) is 2.97. The number of nitrogens with one attached hydrogen (secondary N) is 1. The third kappa shape index (κ3) is 4.41. The van der Waals surface area contributed by atoms with Gasteiger partial charge in [0.2, 0.25) is 0 Å². The van der Waals surface area contributed by atoms with Crippen LogP contribution in [0.2, 0.25) is 0 Å². The standard InChI is InChI=1S/C21H20N4O4S2/c1-13-5-6-17-23-18(22-11-14-4-3-8-29-14)15(19(26)25(17)12-13)10-16-20(27)24(7-9-28-2)21(30)31-16/h3-6,8,10,12,22H,7,9,11H2,1-2H3/b16-10+. The third-order valence-electron chi connectivity index (χ3n) is 4.68. The summed E-state index contributed by atoms with van der Waals surface area (Å²) in [6, 6.07) is 7.28. The first-order valence-corrected chi connectivity index (χ1v) is 10.7. The van der Waals surface area contributed by atoms with Gasteiger partial charge in [-0.15, -0.1) is 0 Å². The predicted molar refractivity (Wildman–Crippen MR) is 124 cm³/mol. The van der Waals surface area contributed by atoms with Crippen molar-refractivity contribution in [2.45, 2.75) is 13.5 Å². The van der Waals surface area contributed by atoms with Gasteiger partial charge in [-0.2, -0.15) is 0 Å². The fourth-order valence-corrected chi connectivity index (χ4v) is 4.40. The number of anilines is 1. The lowest BCUT2D eigenvalue weighted by Gasteiger charge is -2.13. The Morgan fingerprint density at radius 3 is 2.90 bits per heavy atom. The maximum absolute atomic E-state index is 13.3. The number of aromatic nitrogens is 2. The quantitative estimate of drug-likeness (QED) is 0.429. The van der Waals surface area contributed by atoms with Crippen LogP contribution in [0.15, 0.2) is 50.8 Å². The molecule has 4 rings (SSSR count). The smallest absolute Gasteiger partial charge is 0.267 e. The van der Waals surface area contributed by atoms with Crippen molar-refractivity contribution in [2.75, 3.05) is 25.6 Å². The maximum atomic E-state index is 13.3. The lowest BCUT2D eigenvalue weighted by atomic mass is 10.2. The number of ether oxygens (including phenoxy) is 1. The average Bonchev–Trinajstić information content (AvgIpc) is 3.36. The van der Waals surface area contributed by atoms with Crippen LogP contribution in [0, 0.1) is 6.92 Å². The van der Waals surface area contributed by atoms with Crippen molar-refractivity contribution < 1.29 is 13.9 Å². The molecule has 160 valence electrons. The van der Waals surface area contributed by atoms with Gasteiger partial charge < -0.3 is 14.5 Å². The highest BCUT2D eigenvalue weighted by Crippen LogP contribution is 2.32. The maximum Gasteiger partial charge on any atom is 0.267 e. The molecule has 8 nitrogen and oxygen atoms in total. The largest absolute Gasteiger partial charge is 0.467 e. The van der Waals surface area contributed by atoms with Crippen molar-refractivity contribution in [3.63, 3.8) is 0 Å². The van der Waals surface area contributed by atoms with E-state index in [1.54, 1.807) is 37.8 Å². The van der Waals surface area contributed by atoms with Gasteiger partial charge in [-0.25, -0.2) is 4.98 Å². The molecular formula is C21H20N4O4S2. The number of methoxy groups -OCH3 is 1. The molecular weight excluding hydrogens is 436 g/mol. The Morgan fingerprint density at radius 1 is 1.32 bits per heavy atom. The highest BCUT2D eigenvalue weighted by molar-refractivity contribution is 8.26. The molecule has 0 saturated carbocycles. The Hall–Kier alpha value is -2.95. The van der Waals surface area contributed by atoms with Gasteiger partial charge in [0.05, 0.1) is 36.4 Å². The second kappa shape index (κ2) is 9.04. The van der Waals surface area contributed by atoms with E-state index in [2.05, 4.69) is 10.3 Å². The van der Waals surface area contributed by atoms with Crippen LogP contribution in [0.5, 0.6) is 0 Å². The molecule has 4 heterocycles. The van der Waals surface area contributed by atoms with Crippen LogP contribution in [0.3, 0.4) is 0 Å². The van der Waals surface area contributed by atoms with E-state index in [1.807, 2.05) is 19.1 Å². The van der Waals surface area contributed by atoms with Gasteiger partial charge in [0.1, 0.15) is 21.5 Å². The molecule has 0 aromatic carbocycles. The number of furan rings is 1. The Kier molecular flexibility index (Phi) is 6.21. The molecule has 1 aliphatic heterocycles. The first-order valence-electron chi connectivity index (χ1n) is 9.51. The van der Waals surface area contributed by atoms with E-state index >= 15 is 0 Å². The molecule has 0 aliphatic carbocycles. The summed E-state index contributed by atoms with van der Waals surface area (Å²) < 4.78 is 12.3. The zero-order chi connectivity index (χ0) is 22.0. The number of hydrogen-bond donors (Lipinski definition) is 1. The SMILES string of the molecule is COCCN1C(=O)/C(=C\c2c(NCc3ccco3)nc3ccc(C)cn3c2=O)SC1=S. The van der Waals surface area contributed by atoms with Crippen LogP contribution >= 0.6 is 24.0 Å². The summed E-state index contributed by atoms with van der Waals surface area (Å²) in [5, 5.41) is 3.16. The summed E-state index contributed by atoms with van der Waals surface area (Å²) in [5.41, 5.74) is 1.42. The van der Waals surface area contributed by atoms with Gasteiger partial charge >= 0.3 is 0 Å². The molecule has 0 atom stereocenters. The number of carbonyl (C=O) groups is 1. The number of carbonyl (C=O) groups excluding carboxylic acids is 1. The summed E-state index contributed by atoms with van der Waals surface area (Å²) in [7, 11) is 1.56. The highest BCUT2D eigenvalue weighted by atomic mass is 32.2. The first-order chi connectivity index (χ1) is 15.0. The third-order valence-corrected chi connectivity index (χ3v) is 6.06. The monoisotopic (exact) mass is 456 g/mol. The summed E-state index contributed by atoms with van der Waals surface area (Å²) in [5.74, 6) is 0.813. The van der Waals surface area contributed by atoms with Gasteiger partial charge in [-0.3, -0.25) is 18.9 Å². The van der Waals surface area contributed by atoms with Crippen molar-refractivity contribution in [3.8, 4) is 0 Å². The molecule has 1 amide bonds.